The van der Waals surface area contributed by atoms with E-state index in [2.05, 4.69) is 13.0 Å². The summed E-state index contributed by atoms with van der Waals surface area (Å²) in [4.78, 5) is 61.3. The second-order valence-electron chi connectivity index (χ2n) is 14.1. The summed E-state index contributed by atoms with van der Waals surface area (Å²) in [7, 11) is 0. The number of esters is 1. The van der Waals surface area contributed by atoms with Crippen LogP contribution in [-0.2, 0) is 39.4 Å². The Balaban J connectivity index is 1.32. The number of carbonyl (C=O) groups is 3. The van der Waals surface area contributed by atoms with Gasteiger partial charge in [0.1, 0.15) is 18.5 Å². The summed E-state index contributed by atoms with van der Waals surface area (Å²) in [5.74, 6) is -0.422. The van der Waals surface area contributed by atoms with Gasteiger partial charge in [-0.1, -0.05) is 33.6 Å². The molecule has 2 atom stereocenters. The molecule has 4 heterocycles. The highest BCUT2D eigenvalue weighted by atomic mass is 16.6. The number of nitriles is 1. The minimum Gasteiger partial charge on any atom is -0.473 e. The first-order valence-corrected chi connectivity index (χ1v) is 19.5. The second kappa shape index (κ2) is 17.0. The van der Waals surface area contributed by atoms with Crippen LogP contribution in [0.15, 0.2) is 53.3 Å². The van der Waals surface area contributed by atoms with Crippen LogP contribution in [0, 0.1) is 11.3 Å². The Morgan fingerprint density at radius 3 is 2.45 bits per heavy atom. The normalized spacial score (nSPS) is 15.9. The standard InChI is InChI=1S/C43H49N5O8/c1-6-11-12-13-29(20-21-44)56-42(52)48(28-16-14-27(15-17-28)39(49)46(9-4)10-5)26-55-30-18-19-36-32(22-30)31(7-2)33-24-47-37(38(33)45-36)23-35-34(40(47)50)25-54-41(51)43(35,53)8-3/h14-19,22-23,29,53H,6-13,20,24-26H2,1-5H3. The molecule has 0 saturated heterocycles. The van der Waals surface area contributed by atoms with E-state index >= 15 is 0 Å². The number of ether oxygens (including phenoxy) is 3. The third-order valence-electron chi connectivity index (χ3n) is 10.9. The highest BCUT2D eigenvalue weighted by Gasteiger charge is 2.45. The third-order valence-corrected chi connectivity index (χ3v) is 10.9. The van der Waals surface area contributed by atoms with E-state index in [-0.39, 0.29) is 55.3 Å². The Kier molecular flexibility index (Phi) is 12.1. The molecule has 2 aromatic carbocycles. The predicted octanol–water partition coefficient (Wildman–Crippen LogP) is 6.97. The molecular formula is C43H49N5O8. The quantitative estimate of drug-likeness (QED) is 0.0669. The highest BCUT2D eigenvalue weighted by Crippen LogP contribution is 2.41. The molecule has 0 bridgehead atoms. The molecule has 13 heteroatoms. The number of amides is 2. The average molecular weight is 764 g/mol. The maximum Gasteiger partial charge on any atom is 0.417 e. The lowest BCUT2D eigenvalue weighted by Gasteiger charge is -2.31. The monoisotopic (exact) mass is 763 g/mol. The van der Waals surface area contributed by atoms with Crippen molar-refractivity contribution < 1.29 is 33.7 Å². The van der Waals surface area contributed by atoms with E-state index in [4.69, 9.17) is 19.2 Å². The van der Waals surface area contributed by atoms with Crippen molar-refractivity contribution in [1.82, 2.24) is 14.5 Å². The highest BCUT2D eigenvalue weighted by molar-refractivity contribution is 5.95. The van der Waals surface area contributed by atoms with Crippen molar-refractivity contribution in [3.8, 4) is 23.2 Å². The van der Waals surface area contributed by atoms with Crippen LogP contribution in [0.3, 0.4) is 0 Å². The van der Waals surface area contributed by atoms with Crippen molar-refractivity contribution in [3.05, 3.63) is 86.7 Å². The van der Waals surface area contributed by atoms with E-state index in [0.29, 0.717) is 59.8 Å². The number of anilines is 1. The summed E-state index contributed by atoms with van der Waals surface area (Å²) in [6, 6.07) is 16.0. The molecule has 56 heavy (non-hydrogen) atoms. The lowest BCUT2D eigenvalue weighted by atomic mass is 9.86. The maximum atomic E-state index is 13.8. The van der Waals surface area contributed by atoms with E-state index in [1.807, 2.05) is 32.9 Å². The molecule has 4 aromatic rings. The van der Waals surface area contributed by atoms with Crippen LogP contribution in [0.1, 0.15) is 106 Å². The van der Waals surface area contributed by atoms with E-state index in [1.54, 1.807) is 52.8 Å². The summed E-state index contributed by atoms with van der Waals surface area (Å²) >= 11 is 0. The number of aliphatic hydroxyl groups is 1. The number of hydrogen-bond acceptors (Lipinski definition) is 10. The van der Waals surface area contributed by atoms with E-state index in [1.165, 1.54) is 4.90 Å². The van der Waals surface area contributed by atoms with Crippen molar-refractivity contribution >= 4 is 34.6 Å². The fourth-order valence-corrected chi connectivity index (χ4v) is 7.62. The molecule has 2 unspecified atom stereocenters. The first-order valence-electron chi connectivity index (χ1n) is 19.5. The number of unbranched alkanes of at least 4 members (excludes halogenated alkanes) is 2. The maximum absolute atomic E-state index is 13.8. The van der Waals surface area contributed by atoms with Gasteiger partial charge in [-0.2, -0.15) is 5.26 Å². The van der Waals surface area contributed by atoms with Gasteiger partial charge in [0, 0.05) is 35.2 Å². The predicted molar refractivity (Wildman–Crippen MR) is 210 cm³/mol. The van der Waals surface area contributed by atoms with Gasteiger partial charge in [-0.05, 0) is 93.6 Å². The Morgan fingerprint density at radius 1 is 1.04 bits per heavy atom. The Bertz CT molecular complexity index is 2240. The Labute approximate surface area is 326 Å². The average Bonchev–Trinajstić information content (AvgIpc) is 3.57. The number of carbonyl (C=O) groups excluding carboxylic acids is 3. The topological polar surface area (TPSA) is 164 Å². The molecule has 0 spiro atoms. The fourth-order valence-electron chi connectivity index (χ4n) is 7.62. The van der Waals surface area contributed by atoms with Crippen molar-refractivity contribution in [2.24, 2.45) is 0 Å². The van der Waals surface area contributed by atoms with Crippen LogP contribution >= 0.6 is 0 Å². The van der Waals surface area contributed by atoms with Crippen molar-refractivity contribution in [2.45, 2.75) is 104 Å². The van der Waals surface area contributed by atoms with Crippen LogP contribution in [0.25, 0.3) is 22.3 Å². The van der Waals surface area contributed by atoms with Gasteiger partial charge in [-0.25, -0.2) is 19.5 Å². The molecule has 0 saturated carbocycles. The molecule has 2 aromatic heterocycles. The number of nitrogens with zero attached hydrogens (tertiary/aromatic N) is 5. The number of benzene rings is 2. The zero-order chi connectivity index (χ0) is 40.1. The molecule has 2 aliphatic heterocycles. The van der Waals surface area contributed by atoms with Crippen LogP contribution in [0.4, 0.5) is 10.5 Å². The number of hydrogen-bond donors (Lipinski definition) is 1. The lowest BCUT2D eigenvalue weighted by molar-refractivity contribution is -0.172. The lowest BCUT2D eigenvalue weighted by Crippen LogP contribution is -2.44. The summed E-state index contributed by atoms with van der Waals surface area (Å²) < 4.78 is 19.0. The molecule has 1 N–H and O–H groups in total. The molecule has 6 rings (SSSR count). The summed E-state index contributed by atoms with van der Waals surface area (Å²) in [5, 5.41) is 21.5. The van der Waals surface area contributed by atoms with Crippen LogP contribution in [0.5, 0.6) is 5.75 Å². The zero-order valence-electron chi connectivity index (χ0n) is 32.7. The minimum absolute atomic E-state index is 0.0545. The van der Waals surface area contributed by atoms with Gasteiger partial charge in [0.15, 0.2) is 12.3 Å². The largest absolute Gasteiger partial charge is 0.473 e. The Hall–Kier alpha value is -5.74. The van der Waals surface area contributed by atoms with Gasteiger partial charge < -0.3 is 28.8 Å². The first kappa shape index (κ1) is 39.9. The van der Waals surface area contributed by atoms with Gasteiger partial charge >= 0.3 is 12.1 Å². The van der Waals surface area contributed by atoms with Crippen LogP contribution in [-0.4, -0.2) is 63.5 Å². The number of pyridine rings is 2. The van der Waals surface area contributed by atoms with Gasteiger partial charge in [0.2, 0.25) is 0 Å². The van der Waals surface area contributed by atoms with E-state index in [9.17, 15) is 29.5 Å². The van der Waals surface area contributed by atoms with Crippen molar-refractivity contribution in [1.29, 1.82) is 5.26 Å². The Morgan fingerprint density at radius 2 is 1.79 bits per heavy atom. The van der Waals surface area contributed by atoms with Crippen LogP contribution in [0.2, 0.25) is 0 Å². The van der Waals surface area contributed by atoms with Gasteiger partial charge in [-0.15, -0.1) is 0 Å². The third kappa shape index (κ3) is 7.45. The van der Waals surface area contributed by atoms with Crippen molar-refractivity contribution in [2.75, 3.05) is 24.7 Å². The number of aryl methyl sites for hydroxylation is 1. The molecule has 294 valence electrons. The molecule has 0 fully saturated rings. The van der Waals surface area contributed by atoms with Crippen LogP contribution < -0.4 is 15.2 Å². The van der Waals surface area contributed by atoms with Gasteiger partial charge in [0.25, 0.3) is 11.5 Å². The zero-order valence-corrected chi connectivity index (χ0v) is 32.7. The number of cyclic esters (lactones) is 1. The van der Waals surface area contributed by atoms with E-state index in [0.717, 1.165) is 35.8 Å². The first-order chi connectivity index (χ1) is 27.0. The number of fused-ring (bicyclic) bond motifs is 5. The summed E-state index contributed by atoms with van der Waals surface area (Å²) in [5.41, 5.74) is 2.85. The molecular weight excluding hydrogens is 714 g/mol. The SMILES string of the molecule is CCCCCC(CC#N)OC(=O)N(COc1ccc2nc3c(c(CC)c2c1)Cn1c-3cc2c(c1=O)COC(=O)C2(O)CC)c1ccc(C(=O)N(CC)CC)cc1. The second-order valence-corrected chi connectivity index (χ2v) is 14.1. The molecule has 13 nitrogen and oxygen atoms in total. The molecule has 2 aliphatic rings. The van der Waals surface area contributed by atoms with Gasteiger partial charge in [-0.3, -0.25) is 9.59 Å². The number of rotatable bonds is 15. The summed E-state index contributed by atoms with van der Waals surface area (Å²) in [6.45, 7) is 10.6. The smallest absolute Gasteiger partial charge is 0.417 e. The van der Waals surface area contributed by atoms with Crippen molar-refractivity contribution in [3.63, 3.8) is 0 Å². The summed E-state index contributed by atoms with van der Waals surface area (Å²) in [6.07, 6.45) is 2.80. The van der Waals surface area contributed by atoms with E-state index < -0.39 is 23.8 Å². The number of aromatic nitrogens is 2. The fraction of sp³-hybridized carbons (Fsp3) is 0.442. The molecule has 0 radical (unpaired) electrons. The molecule has 0 aliphatic carbocycles. The molecule has 2 amide bonds. The minimum atomic E-state index is -1.92. The van der Waals surface area contributed by atoms with Gasteiger partial charge in [0.05, 0.1) is 47.2 Å².